The quantitative estimate of drug-likeness (QED) is 0.292. The van der Waals surface area contributed by atoms with E-state index in [9.17, 15) is 4.79 Å². The number of esters is 1. The van der Waals surface area contributed by atoms with Crippen molar-refractivity contribution < 1.29 is 9.53 Å². The SMILES string of the molecule is CNC(C)(C)OC(=O)C(N)(N)N. The molecule has 6 heteroatoms. The molecule has 7 N–H and O–H groups in total. The summed E-state index contributed by atoms with van der Waals surface area (Å²) in [6, 6.07) is 0. The molecule has 12 heavy (non-hydrogen) atoms. The van der Waals surface area contributed by atoms with Gasteiger partial charge in [-0.2, -0.15) is 0 Å². The molecule has 0 aromatic rings. The summed E-state index contributed by atoms with van der Waals surface area (Å²) in [5.41, 5.74) is 14.5. The summed E-state index contributed by atoms with van der Waals surface area (Å²) in [5, 5.41) is 2.73. The Hall–Kier alpha value is -0.690. The van der Waals surface area contributed by atoms with Gasteiger partial charge in [0.05, 0.1) is 0 Å². The lowest BCUT2D eigenvalue weighted by atomic mass is 10.3. The van der Waals surface area contributed by atoms with Crippen molar-refractivity contribution in [2.24, 2.45) is 17.2 Å². The summed E-state index contributed by atoms with van der Waals surface area (Å²) in [6.45, 7) is 3.30. The van der Waals surface area contributed by atoms with Gasteiger partial charge in [0.2, 0.25) is 5.79 Å². The maximum atomic E-state index is 11.0. The lowest BCUT2D eigenvalue weighted by molar-refractivity contribution is -0.165. The van der Waals surface area contributed by atoms with Crippen molar-refractivity contribution in [3.63, 3.8) is 0 Å². The molecule has 0 fully saturated rings. The van der Waals surface area contributed by atoms with Crippen LogP contribution in [-0.2, 0) is 9.53 Å². The van der Waals surface area contributed by atoms with Gasteiger partial charge in [0, 0.05) is 0 Å². The smallest absolute Gasteiger partial charge is 0.358 e. The Morgan fingerprint density at radius 2 is 1.75 bits per heavy atom. The van der Waals surface area contributed by atoms with Crippen LogP contribution in [0.25, 0.3) is 0 Å². The first kappa shape index (κ1) is 11.3. The Morgan fingerprint density at radius 1 is 1.33 bits per heavy atom. The van der Waals surface area contributed by atoms with Crippen LogP contribution in [0.15, 0.2) is 0 Å². The van der Waals surface area contributed by atoms with Gasteiger partial charge in [-0.3, -0.25) is 22.5 Å². The van der Waals surface area contributed by atoms with E-state index in [-0.39, 0.29) is 0 Å². The molecule has 0 saturated heterocycles. The molecular formula is C6H16N4O2. The minimum Gasteiger partial charge on any atom is -0.441 e. The summed E-state index contributed by atoms with van der Waals surface area (Å²) in [5.74, 6) is -2.80. The van der Waals surface area contributed by atoms with E-state index in [4.69, 9.17) is 21.9 Å². The lowest BCUT2D eigenvalue weighted by Gasteiger charge is -2.27. The number of nitrogens with two attached hydrogens (primary N) is 3. The highest BCUT2D eigenvalue weighted by Gasteiger charge is 2.31. The monoisotopic (exact) mass is 176 g/mol. The van der Waals surface area contributed by atoms with Gasteiger partial charge in [0.15, 0.2) is 5.72 Å². The zero-order valence-electron chi connectivity index (χ0n) is 7.55. The first-order valence-corrected chi connectivity index (χ1v) is 3.48. The molecule has 0 rings (SSSR count). The zero-order valence-corrected chi connectivity index (χ0v) is 7.55. The highest BCUT2D eigenvalue weighted by molar-refractivity contribution is 5.79. The Kier molecular flexibility index (Phi) is 3.17. The first-order chi connectivity index (χ1) is 5.19. The average molecular weight is 176 g/mol. The minimum atomic E-state index is -1.94. The number of ether oxygens (including phenoxy) is 1. The van der Waals surface area contributed by atoms with E-state index >= 15 is 0 Å². The van der Waals surface area contributed by atoms with E-state index < -0.39 is 17.5 Å². The number of carbonyl (C=O) groups excluding carboxylic acids is 1. The van der Waals surface area contributed by atoms with E-state index in [1.165, 1.54) is 0 Å². The van der Waals surface area contributed by atoms with Gasteiger partial charge in [0.25, 0.3) is 0 Å². The third-order valence-corrected chi connectivity index (χ3v) is 1.30. The second-order valence-corrected chi connectivity index (χ2v) is 3.08. The van der Waals surface area contributed by atoms with Crippen molar-refractivity contribution in [3.8, 4) is 0 Å². The van der Waals surface area contributed by atoms with Gasteiger partial charge in [-0.1, -0.05) is 0 Å². The molecule has 0 aliphatic heterocycles. The Bertz CT molecular complexity index is 173. The Balaban J connectivity index is 4.20. The van der Waals surface area contributed by atoms with Gasteiger partial charge in [-0.25, -0.2) is 4.79 Å². The summed E-state index contributed by atoms with van der Waals surface area (Å²) in [4.78, 5) is 11.0. The first-order valence-electron chi connectivity index (χ1n) is 3.48. The van der Waals surface area contributed by atoms with Crippen molar-refractivity contribution in [1.82, 2.24) is 5.32 Å². The summed E-state index contributed by atoms with van der Waals surface area (Å²) in [6.07, 6.45) is 0. The summed E-state index contributed by atoms with van der Waals surface area (Å²) in [7, 11) is 1.64. The maximum Gasteiger partial charge on any atom is 0.358 e. The summed E-state index contributed by atoms with van der Waals surface area (Å²) >= 11 is 0. The van der Waals surface area contributed by atoms with Crippen molar-refractivity contribution in [2.75, 3.05) is 7.05 Å². The molecule has 0 radical (unpaired) electrons. The van der Waals surface area contributed by atoms with Gasteiger partial charge in [-0.05, 0) is 20.9 Å². The van der Waals surface area contributed by atoms with Crippen molar-refractivity contribution in [3.05, 3.63) is 0 Å². The van der Waals surface area contributed by atoms with Crippen molar-refractivity contribution in [2.45, 2.75) is 25.4 Å². The lowest BCUT2D eigenvalue weighted by Crippen LogP contribution is -2.66. The molecule has 0 aromatic heterocycles. The molecule has 0 atom stereocenters. The minimum absolute atomic E-state index is 0.819. The molecule has 0 spiro atoms. The molecule has 0 aromatic carbocycles. The van der Waals surface area contributed by atoms with E-state index in [0.29, 0.717) is 0 Å². The molecule has 0 saturated carbocycles. The fourth-order valence-electron chi connectivity index (χ4n) is 0.371. The Morgan fingerprint density at radius 3 is 2.00 bits per heavy atom. The van der Waals surface area contributed by atoms with Gasteiger partial charge in [0.1, 0.15) is 0 Å². The number of rotatable bonds is 3. The zero-order chi connectivity index (χ0) is 9.99. The predicted molar refractivity (Wildman–Crippen MR) is 44.5 cm³/mol. The normalized spacial score (nSPS) is 12.8. The van der Waals surface area contributed by atoms with Crippen LogP contribution in [-0.4, -0.2) is 24.5 Å². The van der Waals surface area contributed by atoms with Crippen LogP contribution in [0.2, 0.25) is 0 Å². The van der Waals surface area contributed by atoms with Crippen LogP contribution in [0.3, 0.4) is 0 Å². The highest BCUT2D eigenvalue weighted by atomic mass is 16.6. The van der Waals surface area contributed by atoms with Crippen LogP contribution >= 0.6 is 0 Å². The number of nitrogens with one attached hydrogen (secondary N) is 1. The molecule has 0 aliphatic rings. The van der Waals surface area contributed by atoms with Crippen LogP contribution in [0, 0.1) is 0 Å². The molecule has 0 unspecified atom stereocenters. The highest BCUT2D eigenvalue weighted by Crippen LogP contribution is 2.04. The predicted octanol–water partition coefficient (Wildman–Crippen LogP) is -1.98. The van der Waals surface area contributed by atoms with E-state index in [2.05, 4.69) is 5.32 Å². The number of hydrogen-bond donors (Lipinski definition) is 4. The van der Waals surface area contributed by atoms with Crippen LogP contribution in [0.1, 0.15) is 13.8 Å². The van der Waals surface area contributed by atoms with Gasteiger partial charge < -0.3 is 4.74 Å². The van der Waals surface area contributed by atoms with Gasteiger partial charge >= 0.3 is 5.97 Å². The molecular weight excluding hydrogens is 160 g/mol. The largest absolute Gasteiger partial charge is 0.441 e. The van der Waals surface area contributed by atoms with Crippen molar-refractivity contribution in [1.29, 1.82) is 0 Å². The van der Waals surface area contributed by atoms with Crippen LogP contribution < -0.4 is 22.5 Å². The van der Waals surface area contributed by atoms with Crippen molar-refractivity contribution >= 4 is 5.97 Å². The third-order valence-electron chi connectivity index (χ3n) is 1.30. The maximum absolute atomic E-state index is 11.0. The molecule has 72 valence electrons. The third kappa shape index (κ3) is 3.63. The molecule has 6 nitrogen and oxygen atoms in total. The molecule has 0 aliphatic carbocycles. The number of hydrogen-bond acceptors (Lipinski definition) is 6. The van der Waals surface area contributed by atoms with Crippen LogP contribution in [0.5, 0.6) is 0 Å². The fourth-order valence-corrected chi connectivity index (χ4v) is 0.371. The van der Waals surface area contributed by atoms with Gasteiger partial charge in [-0.15, -0.1) is 0 Å². The average Bonchev–Trinajstić information content (AvgIpc) is 1.85. The Labute approximate surface area is 71.4 Å². The molecule has 0 amide bonds. The number of carbonyl (C=O) groups is 1. The van der Waals surface area contributed by atoms with Crippen LogP contribution in [0.4, 0.5) is 0 Å². The second-order valence-electron chi connectivity index (χ2n) is 3.08. The molecule has 0 heterocycles. The molecule has 0 bridgehead atoms. The topological polar surface area (TPSA) is 116 Å². The second kappa shape index (κ2) is 3.36. The van der Waals surface area contributed by atoms with E-state index in [1.54, 1.807) is 20.9 Å². The fraction of sp³-hybridized carbons (Fsp3) is 0.833. The van der Waals surface area contributed by atoms with E-state index in [1.807, 2.05) is 0 Å². The summed E-state index contributed by atoms with van der Waals surface area (Å²) < 4.78 is 4.83. The van der Waals surface area contributed by atoms with E-state index in [0.717, 1.165) is 0 Å². The standard InChI is InChI=1S/C6H16N4O2/c1-5(2,10-3)12-4(11)6(7,8)9/h10H,7-9H2,1-3H3.